The van der Waals surface area contributed by atoms with Crippen molar-refractivity contribution >= 4 is 11.9 Å². The highest BCUT2D eigenvalue weighted by Crippen LogP contribution is 2.28. The molecule has 0 aromatic heterocycles. The van der Waals surface area contributed by atoms with Crippen molar-refractivity contribution in [3.8, 4) is 23.0 Å². The number of hydrogen-bond donors (Lipinski definition) is 0. The summed E-state index contributed by atoms with van der Waals surface area (Å²) in [5, 5.41) is 0. The van der Waals surface area contributed by atoms with Crippen LogP contribution in [0.1, 0.15) is 163 Å². The largest absolute Gasteiger partial charge is 0.494 e. The van der Waals surface area contributed by atoms with Gasteiger partial charge in [0.2, 0.25) is 0 Å². The van der Waals surface area contributed by atoms with Gasteiger partial charge in [0.05, 0.1) is 24.3 Å². The van der Waals surface area contributed by atoms with E-state index in [1.807, 2.05) is 30.3 Å². The maximum absolute atomic E-state index is 13.2. The third kappa shape index (κ3) is 16.3. The fraction of sp³-hybridized carbons (Fsp3) is 0.545. The summed E-state index contributed by atoms with van der Waals surface area (Å²) in [6.07, 6.45) is 22.1. The number of hydrogen-bond acceptors (Lipinski definition) is 6. The number of rotatable bonds is 27. The van der Waals surface area contributed by atoms with Crippen molar-refractivity contribution in [3.05, 3.63) is 83.4 Å². The fourth-order valence-corrected chi connectivity index (χ4v) is 5.85. The first-order valence-electron chi connectivity index (χ1n) is 19.6. The zero-order valence-electron chi connectivity index (χ0n) is 31.1. The van der Waals surface area contributed by atoms with E-state index in [-0.39, 0.29) is 0 Å². The van der Waals surface area contributed by atoms with Gasteiger partial charge in [0, 0.05) is 0 Å². The molecular formula is C44H62O6. The number of benzene rings is 3. The van der Waals surface area contributed by atoms with E-state index in [0.29, 0.717) is 35.8 Å². The molecule has 0 radical (unpaired) electrons. The molecule has 0 saturated carbocycles. The predicted molar refractivity (Wildman–Crippen MR) is 204 cm³/mol. The first-order chi connectivity index (χ1) is 24.5. The quantitative estimate of drug-likeness (QED) is 0.0451. The molecule has 0 aliphatic carbocycles. The van der Waals surface area contributed by atoms with Crippen molar-refractivity contribution in [2.45, 2.75) is 143 Å². The first kappa shape index (κ1) is 40.6. The molecule has 3 aromatic rings. The summed E-state index contributed by atoms with van der Waals surface area (Å²) >= 11 is 0. The van der Waals surface area contributed by atoms with E-state index in [9.17, 15) is 9.59 Å². The zero-order chi connectivity index (χ0) is 35.7. The maximum Gasteiger partial charge on any atom is 0.343 e. The second-order valence-electron chi connectivity index (χ2n) is 13.3. The number of aryl methyl sites for hydroxylation is 1. The molecule has 274 valence electrons. The Kier molecular flexibility index (Phi) is 20.5. The summed E-state index contributed by atoms with van der Waals surface area (Å²) in [7, 11) is 0. The van der Waals surface area contributed by atoms with Gasteiger partial charge in [0.15, 0.2) is 0 Å². The van der Waals surface area contributed by atoms with Crippen LogP contribution in [0.15, 0.2) is 66.7 Å². The van der Waals surface area contributed by atoms with Gasteiger partial charge in [-0.3, -0.25) is 0 Å². The molecule has 50 heavy (non-hydrogen) atoms. The van der Waals surface area contributed by atoms with Gasteiger partial charge in [0.25, 0.3) is 0 Å². The minimum absolute atomic E-state index is 0.422. The zero-order valence-corrected chi connectivity index (χ0v) is 31.1. The molecule has 0 aliphatic heterocycles. The lowest BCUT2D eigenvalue weighted by molar-refractivity contribution is 0.0718. The van der Waals surface area contributed by atoms with E-state index in [4.69, 9.17) is 18.9 Å². The second kappa shape index (κ2) is 25.2. The van der Waals surface area contributed by atoms with Gasteiger partial charge in [-0.15, -0.1) is 0 Å². The van der Waals surface area contributed by atoms with E-state index in [1.165, 1.54) is 89.9 Å². The molecule has 0 saturated heterocycles. The molecule has 0 spiro atoms. The lowest BCUT2D eigenvalue weighted by Gasteiger charge is -2.13. The van der Waals surface area contributed by atoms with Crippen molar-refractivity contribution in [2.75, 3.05) is 13.2 Å². The van der Waals surface area contributed by atoms with Crippen LogP contribution < -0.4 is 18.9 Å². The van der Waals surface area contributed by atoms with Gasteiger partial charge < -0.3 is 18.9 Å². The molecule has 6 heteroatoms. The minimum atomic E-state index is -0.443. The minimum Gasteiger partial charge on any atom is -0.494 e. The van der Waals surface area contributed by atoms with Crippen LogP contribution in [0.2, 0.25) is 0 Å². The average molecular weight is 687 g/mol. The standard InChI is InChI=1S/C44H62O6/c1-4-7-10-13-16-19-22-38-35-41(49-43(45)36-23-27-39(28-24-36)47-33-20-17-14-11-8-5-2)31-32-42(38)50-44(46)37-25-29-40(30-26-37)48-34-21-18-15-12-9-6-3/h23-32,35H,4-22,33-34H2,1-3H3. The summed E-state index contributed by atoms with van der Waals surface area (Å²) in [6.45, 7) is 8.01. The third-order valence-electron chi connectivity index (χ3n) is 8.96. The molecular weight excluding hydrogens is 624 g/mol. The van der Waals surface area contributed by atoms with Crippen molar-refractivity contribution < 1.29 is 28.5 Å². The number of esters is 2. The molecule has 0 bridgehead atoms. The molecule has 0 unspecified atom stereocenters. The fourth-order valence-electron chi connectivity index (χ4n) is 5.85. The van der Waals surface area contributed by atoms with Crippen LogP contribution in [0.5, 0.6) is 23.0 Å². The summed E-state index contributed by atoms with van der Waals surface area (Å²) in [5.74, 6) is 1.53. The highest BCUT2D eigenvalue weighted by Gasteiger charge is 2.16. The second-order valence-corrected chi connectivity index (χ2v) is 13.3. The van der Waals surface area contributed by atoms with Crippen molar-refractivity contribution in [1.29, 1.82) is 0 Å². The number of ether oxygens (including phenoxy) is 4. The maximum atomic E-state index is 13.2. The first-order valence-corrected chi connectivity index (χ1v) is 19.6. The SMILES string of the molecule is CCCCCCCCOc1ccc(C(=O)Oc2ccc(OC(=O)c3ccc(OCCCCCCCC)cc3)c(CCCCCCCC)c2)cc1. The molecule has 3 aromatic carbocycles. The van der Waals surface area contributed by atoms with Gasteiger partial charge >= 0.3 is 11.9 Å². The lowest BCUT2D eigenvalue weighted by atomic mass is 10.0. The van der Waals surface area contributed by atoms with E-state index in [0.717, 1.165) is 49.2 Å². The Bertz CT molecular complexity index is 1350. The van der Waals surface area contributed by atoms with Crippen molar-refractivity contribution in [2.24, 2.45) is 0 Å². The van der Waals surface area contributed by atoms with Gasteiger partial charge in [-0.1, -0.05) is 117 Å². The molecule has 0 aliphatic rings. The highest BCUT2D eigenvalue weighted by molar-refractivity contribution is 5.92. The van der Waals surface area contributed by atoms with E-state index in [1.54, 1.807) is 36.4 Å². The van der Waals surface area contributed by atoms with Crippen molar-refractivity contribution in [3.63, 3.8) is 0 Å². The number of carbonyl (C=O) groups is 2. The molecule has 0 heterocycles. The van der Waals surface area contributed by atoms with E-state index in [2.05, 4.69) is 20.8 Å². The molecule has 3 rings (SSSR count). The average Bonchev–Trinajstić information content (AvgIpc) is 3.13. The Balaban J connectivity index is 1.56. The van der Waals surface area contributed by atoms with Gasteiger partial charge in [-0.2, -0.15) is 0 Å². The Labute approximate surface area is 302 Å². The highest BCUT2D eigenvalue weighted by atomic mass is 16.5. The van der Waals surface area contributed by atoms with Gasteiger partial charge in [0.1, 0.15) is 23.0 Å². The van der Waals surface area contributed by atoms with Crippen LogP contribution in [0.25, 0.3) is 0 Å². The molecule has 0 atom stereocenters. The molecule has 0 fully saturated rings. The Morgan fingerprint density at radius 1 is 0.440 bits per heavy atom. The third-order valence-corrected chi connectivity index (χ3v) is 8.96. The summed E-state index contributed by atoms with van der Waals surface area (Å²) < 4.78 is 23.4. The lowest BCUT2D eigenvalue weighted by Crippen LogP contribution is -2.11. The molecule has 0 amide bonds. The Hall–Kier alpha value is -3.80. The van der Waals surface area contributed by atoms with E-state index >= 15 is 0 Å². The number of carbonyl (C=O) groups excluding carboxylic acids is 2. The van der Waals surface area contributed by atoms with Gasteiger partial charge in [-0.05, 0) is 98.0 Å². The summed E-state index contributed by atoms with van der Waals surface area (Å²) in [6, 6.07) is 19.5. The van der Waals surface area contributed by atoms with Crippen molar-refractivity contribution in [1.82, 2.24) is 0 Å². The normalized spacial score (nSPS) is 10.9. The van der Waals surface area contributed by atoms with Crippen LogP contribution in [-0.4, -0.2) is 25.2 Å². The van der Waals surface area contributed by atoms with Crippen LogP contribution in [0.3, 0.4) is 0 Å². The van der Waals surface area contributed by atoms with Crippen LogP contribution in [0, 0.1) is 0 Å². The Morgan fingerprint density at radius 2 is 0.840 bits per heavy atom. The smallest absolute Gasteiger partial charge is 0.343 e. The topological polar surface area (TPSA) is 71.1 Å². The van der Waals surface area contributed by atoms with Crippen LogP contribution >= 0.6 is 0 Å². The number of unbranched alkanes of at least 4 members (excludes halogenated alkanes) is 15. The van der Waals surface area contributed by atoms with E-state index < -0.39 is 11.9 Å². The van der Waals surface area contributed by atoms with Gasteiger partial charge in [-0.25, -0.2) is 9.59 Å². The van der Waals surface area contributed by atoms with Crippen LogP contribution in [-0.2, 0) is 6.42 Å². The monoisotopic (exact) mass is 686 g/mol. The Morgan fingerprint density at radius 3 is 1.32 bits per heavy atom. The summed E-state index contributed by atoms with van der Waals surface area (Å²) in [5.41, 5.74) is 1.75. The molecule has 0 N–H and O–H groups in total. The summed E-state index contributed by atoms with van der Waals surface area (Å²) in [4.78, 5) is 26.2. The molecule has 6 nitrogen and oxygen atoms in total. The predicted octanol–water partition coefficient (Wildman–Crippen LogP) is 12.5. The van der Waals surface area contributed by atoms with Crippen LogP contribution in [0.4, 0.5) is 0 Å².